The highest BCUT2D eigenvalue weighted by Gasteiger charge is 2.30. The predicted molar refractivity (Wildman–Crippen MR) is 94.2 cm³/mol. The van der Waals surface area contributed by atoms with Crippen LogP contribution in [0.5, 0.6) is 11.5 Å². The Labute approximate surface area is 155 Å². The average Bonchev–Trinajstić information content (AvgIpc) is 3.13. The Morgan fingerprint density at radius 3 is 2.52 bits per heavy atom. The number of carbonyl (C=O) groups excluding carboxylic acids is 1. The van der Waals surface area contributed by atoms with Crippen molar-refractivity contribution in [3.05, 3.63) is 58.1 Å². The monoisotopic (exact) mass is 392 g/mol. The van der Waals surface area contributed by atoms with Gasteiger partial charge >= 0.3 is 0 Å². The van der Waals surface area contributed by atoms with Crippen molar-refractivity contribution < 1.29 is 27.6 Å². The SMILES string of the molecule is C[C@H](C(=O)NCc1ccc2c(c1)OCO2)S(=O)(=O)c1ccc([N+](=O)[O-])cc1. The molecule has 0 unspecified atom stereocenters. The summed E-state index contributed by atoms with van der Waals surface area (Å²) in [6.45, 7) is 1.52. The zero-order valence-electron chi connectivity index (χ0n) is 14.2. The lowest BCUT2D eigenvalue weighted by atomic mass is 10.2. The van der Waals surface area contributed by atoms with Crippen LogP contribution in [0.1, 0.15) is 12.5 Å². The molecule has 0 saturated carbocycles. The Hall–Kier alpha value is -3.14. The minimum atomic E-state index is -3.97. The van der Waals surface area contributed by atoms with Crippen LogP contribution in [0.4, 0.5) is 5.69 Å². The normalized spacial score (nSPS) is 13.8. The number of nitrogens with one attached hydrogen (secondary N) is 1. The molecule has 9 nitrogen and oxygen atoms in total. The molecule has 0 aliphatic carbocycles. The highest BCUT2D eigenvalue weighted by Crippen LogP contribution is 2.32. The second-order valence-corrected chi connectivity index (χ2v) is 8.11. The van der Waals surface area contributed by atoms with Crippen molar-refractivity contribution in [1.29, 1.82) is 0 Å². The van der Waals surface area contributed by atoms with Crippen LogP contribution in [0, 0.1) is 10.1 Å². The van der Waals surface area contributed by atoms with E-state index in [1.165, 1.54) is 6.92 Å². The lowest BCUT2D eigenvalue weighted by Crippen LogP contribution is -2.37. The van der Waals surface area contributed by atoms with E-state index in [-0.39, 0.29) is 23.9 Å². The number of benzene rings is 2. The van der Waals surface area contributed by atoms with Gasteiger partial charge < -0.3 is 14.8 Å². The van der Waals surface area contributed by atoms with Gasteiger partial charge in [-0.2, -0.15) is 0 Å². The van der Waals surface area contributed by atoms with Gasteiger partial charge in [-0.3, -0.25) is 14.9 Å². The number of hydrogen-bond acceptors (Lipinski definition) is 7. The maximum Gasteiger partial charge on any atom is 0.269 e. The van der Waals surface area contributed by atoms with E-state index in [1.807, 2.05) is 0 Å². The van der Waals surface area contributed by atoms with Crippen LogP contribution in [-0.2, 0) is 21.2 Å². The van der Waals surface area contributed by atoms with Crippen LogP contribution in [0.15, 0.2) is 47.4 Å². The van der Waals surface area contributed by atoms with Crippen molar-refractivity contribution in [2.24, 2.45) is 0 Å². The molecule has 1 aliphatic heterocycles. The number of fused-ring (bicyclic) bond motifs is 1. The molecule has 142 valence electrons. The number of hydrogen-bond donors (Lipinski definition) is 1. The molecule has 0 saturated heterocycles. The van der Waals surface area contributed by atoms with Gasteiger partial charge in [0.25, 0.3) is 5.69 Å². The molecule has 1 aliphatic rings. The molecule has 1 heterocycles. The number of amides is 1. The molecule has 0 fully saturated rings. The van der Waals surface area contributed by atoms with E-state index < -0.39 is 25.9 Å². The van der Waals surface area contributed by atoms with Crippen molar-refractivity contribution in [2.75, 3.05) is 6.79 Å². The first-order chi connectivity index (χ1) is 12.8. The maximum atomic E-state index is 12.6. The maximum absolute atomic E-state index is 12.6. The molecule has 0 aromatic heterocycles. The zero-order chi connectivity index (χ0) is 19.6. The van der Waals surface area contributed by atoms with Gasteiger partial charge in [0.2, 0.25) is 12.7 Å². The minimum absolute atomic E-state index is 0.121. The minimum Gasteiger partial charge on any atom is -0.454 e. The van der Waals surface area contributed by atoms with E-state index in [0.717, 1.165) is 29.8 Å². The summed E-state index contributed by atoms with van der Waals surface area (Å²) in [5.41, 5.74) is 0.501. The quantitative estimate of drug-likeness (QED) is 0.587. The first-order valence-corrected chi connectivity index (χ1v) is 9.48. The van der Waals surface area contributed by atoms with E-state index in [1.54, 1.807) is 18.2 Å². The average molecular weight is 392 g/mol. The second kappa shape index (κ2) is 7.23. The summed E-state index contributed by atoms with van der Waals surface area (Å²) in [5, 5.41) is 11.9. The van der Waals surface area contributed by atoms with Crippen LogP contribution in [0.3, 0.4) is 0 Å². The molecule has 0 radical (unpaired) electrons. The fourth-order valence-electron chi connectivity index (χ4n) is 2.49. The molecule has 1 amide bonds. The van der Waals surface area contributed by atoms with Crippen LogP contribution in [0.2, 0.25) is 0 Å². The number of non-ortho nitro benzene ring substituents is 1. The summed E-state index contributed by atoms with van der Waals surface area (Å²) >= 11 is 0. The Morgan fingerprint density at radius 1 is 1.19 bits per heavy atom. The molecule has 2 aromatic carbocycles. The Balaban J connectivity index is 1.67. The summed E-state index contributed by atoms with van der Waals surface area (Å²) in [7, 11) is -3.97. The largest absolute Gasteiger partial charge is 0.454 e. The summed E-state index contributed by atoms with van der Waals surface area (Å²) in [6, 6.07) is 9.57. The standard InChI is InChI=1S/C17H16N2O7S/c1-11(27(23,24)14-5-3-13(4-6-14)19(21)22)17(20)18-9-12-2-7-15-16(8-12)26-10-25-15/h2-8,11H,9-10H2,1H3,(H,18,20)/t11-/m1/s1. The highest BCUT2D eigenvalue weighted by molar-refractivity contribution is 7.92. The highest BCUT2D eigenvalue weighted by atomic mass is 32.2. The number of sulfone groups is 1. The summed E-state index contributed by atoms with van der Waals surface area (Å²) in [4.78, 5) is 22.2. The third kappa shape index (κ3) is 3.85. The van der Waals surface area contributed by atoms with E-state index in [9.17, 15) is 23.3 Å². The van der Waals surface area contributed by atoms with E-state index in [2.05, 4.69) is 5.32 Å². The molecule has 2 aromatic rings. The van der Waals surface area contributed by atoms with Crippen molar-refractivity contribution in [3.8, 4) is 11.5 Å². The number of nitro groups is 1. The van der Waals surface area contributed by atoms with Gasteiger partial charge in [-0.05, 0) is 36.8 Å². The van der Waals surface area contributed by atoms with Gasteiger partial charge in [0, 0.05) is 18.7 Å². The smallest absolute Gasteiger partial charge is 0.269 e. The van der Waals surface area contributed by atoms with Crippen molar-refractivity contribution in [2.45, 2.75) is 23.6 Å². The van der Waals surface area contributed by atoms with Crippen molar-refractivity contribution >= 4 is 21.4 Å². The molecule has 0 spiro atoms. The molecule has 0 bridgehead atoms. The molecular formula is C17H16N2O7S. The van der Waals surface area contributed by atoms with Gasteiger partial charge in [0.05, 0.1) is 9.82 Å². The first-order valence-electron chi connectivity index (χ1n) is 7.93. The second-order valence-electron chi connectivity index (χ2n) is 5.84. The van der Waals surface area contributed by atoms with Crippen molar-refractivity contribution in [1.82, 2.24) is 5.32 Å². The topological polar surface area (TPSA) is 125 Å². The van der Waals surface area contributed by atoms with E-state index in [4.69, 9.17) is 9.47 Å². The Morgan fingerprint density at radius 2 is 1.85 bits per heavy atom. The summed E-state index contributed by atoms with van der Waals surface area (Å²) in [5.74, 6) is 0.499. The third-order valence-corrected chi connectivity index (χ3v) is 6.19. The van der Waals surface area contributed by atoms with Crippen LogP contribution in [0.25, 0.3) is 0 Å². The van der Waals surface area contributed by atoms with Gasteiger partial charge in [0.1, 0.15) is 5.25 Å². The number of carbonyl (C=O) groups is 1. The number of rotatable bonds is 6. The van der Waals surface area contributed by atoms with Gasteiger partial charge in [-0.25, -0.2) is 8.42 Å². The molecule has 10 heteroatoms. The number of nitrogens with zero attached hydrogens (tertiary/aromatic N) is 1. The van der Waals surface area contributed by atoms with Gasteiger partial charge in [0.15, 0.2) is 21.3 Å². The summed E-state index contributed by atoms with van der Waals surface area (Å²) in [6.07, 6.45) is 0. The molecule has 27 heavy (non-hydrogen) atoms. The lowest BCUT2D eigenvalue weighted by molar-refractivity contribution is -0.384. The fourth-order valence-corrected chi connectivity index (χ4v) is 3.78. The third-order valence-electron chi connectivity index (χ3n) is 4.11. The van der Waals surface area contributed by atoms with Gasteiger partial charge in [-0.15, -0.1) is 0 Å². The van der Waals surface area contributed by atoms with Crippen LogP contribution < -0.4 is 14.8 Å². The van der Waals surface area contributed by atoms with Crippen LogP contribution in [-0.4, -0.2) is 31.3 Å². The predicted octanol–water partition coefficient (Wildman–Crippen LogP) is 1.80. The van der Waals surface area contributed by atoms with E-state index >= 15 is 0 Å². The number of nitro benzene ring substituents is 1. The Bertz CT molecular complexity index is 987. The zero-order valence-corrected chi connectivity index (χ0v) is 15.1. The van der Waals surface area contributed by atoms with Gasteiger partial charge in [-0.1, -0.05) is 6.07 Å². The van der Waals surface area contributed by atoms with Crippen molar-refractivity contribution in [3.63, 3.8) is 0 Å². The summed E-state index contributed by atoms with van der Waals surface area (Å²) < 4.78 is 35.6. The lowest BCUT2D eigenvalue weighted by Gasteiger charge is -2.13. The fraction of sp³-hybridized carbons (Fsp3) is 0.235. The molecule has 3 rings (SSSR count). The molecular weight excluding hydrogens is 376 g/mol. The Kier molecular flexibility index (Phi) is 5.00. The molecule has 1 atom stereocenters. The molecule has 1 N–H and O–H groups in total. The number of ether oxygens (including phenoxy) is 2. The van der Waals surface area contributed by atoms with Crippen LogP contribution >= 0.6 is 0 Å². The first kappa shape index (κ1) is 18.6. The van der Waals surface area contributed by atoms with E-state index in [0.29, 0.717) is 11.5 Å².